The van der Waals surface area contributed by atoms with E-state index in [1.807, 2.05) is 36.7 Å². The fraction of sp³-hybridized carbons (Fsp3) is 0.286. The van der Waals surface area contributed by atoms with Crippen molar-refractivity contribution in [2.45, 2.75) is 6.42 Å². The van der Waals surface area contributed by atoms with Crippen LogP contribution in [0.4, 0.5) is 0 Å². The van der Waals surface area contributed by atoms with Gasteiger partial charge in [-0.05, 0) is 19.2 Å². The number of likely N-dealkylation sites (N-methyl/N-ethyl adjacent to an activating group) is 1. The van der Waals surface area contributed by atoms with E-state index >= 15 is 0 Å². The molecule has 0 aliphatic rings. The molecule has 0 fully saturated rings. The summed E-state index contributed by atoms with van der Waals surface area (Å²) >= 11 is 5.01. The molecule has 2 rings (SSSR count). The Bertz CT molecular complexity index is 595. The zero-order valence-electron chi connectivity index (χ0n) is 12.0. The van der Waals surface area contributed by atoms with Crippen LogP contribution < -0.4 is 10.6 Å². The van der Waals surface area contributed by atoms with E-state index in [-0.39, 0.29) is 30.7 Å². The highest BCUT2D eigenvalue weighted by Crippen LogP contribution is 2.26. The monoisotopic (exact) mass is 425 g/mol. The van der Waals surface area contributed by atoms with Crippen LogP contribution in [-0.2, 0) is 11.2 Å². The maximum atomic E-state index is 11.7. The summed E-state index contributed by atoms with van der Waals surface area (Å²) in [6, 6.07) is 7.99. The lowest BCUT2D eigenvalue weighted by atomic mass is 10.2. The molecule has 0 aliphatic heterocycles. The van der Waals surface area contributed by atoms with Gasteiger partial charge in [-0.2, -0.15) is 0 Å². The molecule has 8 heteroatoms. The molecule has 4 nitrogen and oxygen atoms in total. The third kappa shape index (κ3) is 6.62. The lowest BCUT2D eigenvalue weighted by Gasteiger charge is -2.02. The van der Waals surface area contributed by atoms with Gasteiger partial charge >= 0.3 is 0 Å². The summed E-state index contributed by atoms with van der Waals surface area (Å²) in [4.78, 5) is 16.2. The summed E-state index contributed by atoms with van der Waals surface area (Å²) in [6.45, 7) is 1.41. The summed E-state index contributed by atoms with van der Waals surface area (Å²) in [5.41, 5.74) is 1.87. The molecule has 0 saturated carbocycles. The predicted molar refractivity (Wildman–Crippen MR) is 100 cm³/mol. The van der Waals surface area contributed by atoms with Gasteiger partial charge < -0.3 is 10.6 Å². The first-order valence-electron chi connectivity index (χ1n) is 6.30. The SMILES string of the molecule is CNCCNC(=O)Cc1csc(-c2cccc(Br)c2)n1.Cl.Cl. The Morgan fingerprint density at radius 3 is 2.77 bits per heavy atom. The van der Waals surface area contributed by atoms with Crippen LogP contribution in [0, 0.1) is 0 Å². The number of rotatable bonds is 6. The molecule has 1 aromatic carbocycles. The minimum atomic E-state index is 0. The van der Waals surface area contributed by atoms with Crippen molar-refractivity contribution in [1.82, 2.24) is 15.6 Å². The van der Waals surface area contributed by atoms with Crippen molar-refractivity contribution in [1.29, 1.82) is 0 Å². The number of halogens is 3. The van der Waals surface area contributed by atoms with Crippen LogP contribution in [0.3, 0.4) is 0 Å². The number of nitrogens with zero attached hydrogens (tertiary/aromatic N) is 1. The lowest BCUT2D eigenvalue weighted by Crippen LogP contribution is -2.31. The van der Waals surface area contributed by atoms with E-state index in [1.54, 1.807) is 11.3 Å². The van der Waals surface area contributed by atoms with Crippen molar-refractivity contribution >= 4 is 58.0 Å². The molecule has 1 amide bonds. The largest absolute Gasteiger partial charge is 0.354 e. The molecule has 0 spiro atoms. The van der Waals surface area contributed by atoms with Gasteiger partial charge in [0, 0.05) is 28.5 Å². The van der Waals surface area contributed by atoms with Gasteiger partial charge in [0.1, 0.15) is 5.01 Å². The highest BCUT2D eigenvalue weighted by atomic mass is 79.9. The summed E-state index contributed by atoms with van der Waals surface area (Å²) < 4.78 is 1.02. The second kappa shape index (κ2) is 11.0. The van der Waals surface area contributed by atoms with Crippen molar-refractivity contribution in [3.8, 4) is 10.6 Å². The minimum absolute atomic E-state index is 0. The topological polar surface area (TPSA) is 54.0 Å². The van der Waals surface area contributed by atoms with Crippen molar-refractivity contribution in [3.63, 3.8) is 0 Å². The van der Waals surface area contributed by atoms with E-state index in [2.05, 4.69) is 31.5 Å². The van der Waals surface area contributed by atoms with E-state index in [1.165, 1.54) is 0 Å². The molecule has 2 N–H and O–H groups in total. The molecular formula is C14H18BrCl2N3OS. The van der Waals surface area contributed by atoms with Crippen LogP contribution in [-0.4, -0.2) is 31.0 Å². The Morgan fingerprint density at radius 2 is 2.09 bits per heavy atom. The molecule has 1 aromatic heterocycles. The first-order valence-corrected chi connectivity index (χ1v) is 7.98. The van der Waals surface area contributed by atoms with Crippen LogP contribution in [0.15, 0.2) is 34.1 Å². The van der Waals surface area contributed by atoms with Crippen molar-refractivity contribution < 1.29 is 4.79 Å². The van der Waals surface area contributed by atoms with Crippen molar-refractivity contribution in [2.24, 2.45) is 0 Å². The van der Waals surface area contributed by atoms with Crippen LogP contribution in [0.1, 0.15) is 5.69 Å². The predicted octanol–water partition coefficient (Wildman–Crippen LogP) is 3.29. The molecule has 0 radical (unpaired) electrons. The molecule has 0 bridgehead atoms. The molecule has 0 unspecified atom stereocenters. The zero-order chi connectivity index (χ0) is 14.4. The van der Waals surface area contributed by atoms with Gasteiger partial charge in [-0.25, -0.2) is 4.98 Å². The Kier molecular flexibility index (Phi) is 10.6. The molecule has 22 heavy (non-hydrogen) atoms. The van der Waals surface area contributed by atoms with Crippen molar-refractivity contribution in [2.75, 3.05) is 20.1 Å². The van der Waals surface area contributed by atoms with E-state index in [4.69, 9.17) is 0 Å². The Morgan fingerprint density at radius 1 is 1.32 bits per heavy atom. The number of aromatic nitrogens is 1. The number of thiazole rings is 1. The van der Waals surface area contributed by atoms with E-state index in [0.717, 1.165) is 27.3 Å². The van der Waals surface area contributed by atoms with Crippen LogP contribution >= 0.6 is 52.1 Å². The van der Waals surface area contributed by atoms with E-state index in [9.17, 15) is 4.79 Å². The third-order valence-electron chi connectivity index (χ3n) is 2.66. The van der Waals surface area contributed by atoms with E-state index < -0.39 is 0 Å². The van der Waals surface area contributed by atoms with Gasteiger partial charge in [-0.3, -0.25) is 4.79 Å². The number of amides is 1. The molecule has 0 aliphatic carbocycles. The number of benzene rings is 1. The minimum Gasteiger partial charge on any atom is -0.354 e. The van der Waals surface area contributed by atoms with Gasteiger partial charge in [0.05, 0.1) is 12.1 Å². The molecule has 0 atom stereocenters. The number of nitrogens with one attached hydrogen (secondary N) is 2. The second-order valence-electron chi connectivity index (χ2n) is 4.28. The fourth-order valence-corrected chi connectivity index (χ4v) is 2.91. The van der Waals surface area contributed by atoms with Gasteiger partial charge in [0.25, 0.3) is 0 Å². The average Bonchev–Trinajstić information content (AvgIpc) is 2.87. The molecule has 1 heterocycles. The zero-order valence-corrected chi connectivity index (χ0v) is 16.0. The highest BCUT2D eigenvalue weighted by molar-refractivity contribution is 9.10. The fourth-order valence-electron chi connectivity index (χ4n) is 1.70. The molecule has 122 valence electrons. The first kappa shape index (κ1) is 21.3. The molecular weight excluding hydrogens is 409 g/mol. The number of hydrogen-bond acceptors (Lipinski definition) is 4. The maximum Gasteiger partial charge on any atom is 0.226 e. The van der Waals surface area contributed by atoms with Gasteiger partial charge in [-0.15, -0.1) is 36.2 Å². The number of carbonyl (C=O) groups excluding carboxylic acids is 1. The standard InChI is InChI=1S/C14H16BrN3OS.2ClH/c1-16-5-6-17-13(19)8-12-9-20-14(18-12)10-3-2-4-11(15)7-10;;/h2-4,7,9,16H,5-6,8H2,1H3,(H,17,19);2*1H. The highest BCUT2D eigenvalue weighted by Gasteiger charge is 2.08. The van der Waals surface area contributed by atoms with E-state index in [0.29, 0.717) is 13.0 Å². The van der Waals surface area contributed by atoms with Gasteiger partial charge in [0.2, 0.25) is 5.91 Å². The number of carbonyl (C=O) groups is 1. The molecule has 2 aromatic rings. The first-order chi connectivity index (χ1) is 9.69. The summed E-state index contributed by atoms with van der Waals surface area (Å²) in [5, 5.41) is 8.70. The van der Waals surface area contributed by atoms with Crippen molar-refractivity contribution in [3.05, 3.63) is 39.8 Å². The second-order valence-corrected chi connectivity index (χ2v) is 6.06. The quantitative estimate of drug-likeness (QED) is 0.696. The van der Waals surface area contributed by atoms with Gasteiger partial charge in [0.15, 0.2) is 0 Å². The summed E-state index contributed by atoms with van der Waals surface area (Å²) in [5.74, 6) is 0.00587. The third-order valence-corrected chi connectivity index (χ3v) is 4.10. The maximum absolute atomic E-state index is 11.7. The average molecular weight is 427 g/mol. The van der Waals surface area contributed by atoms with Crippen LogP contribution in [0.5, 0.6) is 0 Å². The Labute approximate surface area is 155 Å². The smallest absolute Gasteiger partial charge is 0.226 e. The summed E-state index contributed by atoms with van der Waals surface area (Å²) in [6.07, 6.45) is 0.328. The van der Waals surface area contributed by atoms with Crippen LogP contribution in [0.25, 0.3) is 10.6 Å². The number of hydrogen-bond donors (Lipinski definition) is 2. The Balaban J connectivity index is 0.00000220. The normalized spacial score (nSPS) is 9.55. The molecule has 0 saturated heterocycles. The van der Waals surface area contributed by atoms with Crippen LogP contribution in [0.2, 0.25) is 0 Å². The van der Waals surface area contributed by atoms with Gasteiger partial charge in [-0.1, -0.05) is 28.1 Å². The Hall–Kier alpha value is -0.660. The lowest BCUT2D eigenvalue weighted by molar-refractivity contribution is -0.120. The summed E-state index contributed by atoms with van der Waals surface area (Å²) in [7, 11) is 1.86.